The SMILES string of the molecule is CCCCOc1ccc(C(=O)Oc2ccc(/C=N\NC(=O)COc3ccccc3OC)cc2)cc1. The predicted octanol–water partition coefficient (Wildman–Crippen LogP) is 4.62. The molecule has 0 radical (unpaired) electrons. The first-order chi connectivity index (χ1) is 17.1. The molecule has 3 rings (SSSR count). The van der Waals surface area contributed by atoms with Crippen molar-refractivity contribution in [3.63, 3.8) is 0 Å². The molecule has 0 aromatic heterocycles. The van der Waals surface area contributed by atoms with Crippen LogP contribution in [0.25, 0.3) is 0 Å². The lowest BCUT2D eigenvalue weighted by molar-refractivity contribution is -0.123. The monoisotopic (exact) mass is 476 g/mol. The van der Waals surface area contributed by atoms with Crippen LogP contribution in [-0.2, 0) is 4.79 Å². The van der Waals surface area contributed by atoms with Crippen molar-refractivity contribution in [2.45, 2.75) is 19.8 Å². The molecule has 35 heavy (non-hydrogen) atoms. The summed E-state index contributed by atoms with van der Waals surface area (Å²) in [6.45, 7) is 2.54. The minimum Gasteiger partial charge on any atom is -0.494 e. The number of hydrogen-bond acceptors (Lipinski definition) is 7. The highest BCUT2D eigenvalue weighted by Crippen LogP contribution is 2.25. The molecule has 0 bridgehead atoms. The number of nitrogens with zero attached hydrogens (tertiary/aromatic N) is 1. The van der Waals surface area contributed by atoms with Crippen molar-refractivity contribution in [2.75, 3.05) is 20.3 Å². The van der Waals surface area contributed by atoms with E-state index in [4.69, 9.17) is 18.9 Å². The number of nitrogens with one attached hydrogen (secondary N) is 1. The number of carbonyl (C=O) groups excluding carboxylic acids is 2. The fourth-order valence-electron chi connectivity index (χ4n) is 2.90. The molecule has 0 saturated carbocycles. The largest absolute Gasteiger partial charge is 0.494 e. The van der Waals surface area contributed by atoms with Crippen LogP contribution in [0.5, 0.6) is 23.0 Å². The second kappa shape index (κ2) is 13.4. The quantitative estimate of drug-likeness (QED) is 0.135. The lowest BCUT2D eigenvalue weighted by atomic mass is 10.2. The Kier molecular flexibility index (Phi) is 9.68. The van der Waals surface area contributed by atoms with Gasteiger partial charge >= 0.3 is 5.97 Å². The van der Waals surface area contributed by atoms with Crippen LogP contribution in [0.4, 0.5) is 0 Å². The van der Waals surface area contributed by atoms with Gasteiger partial charge in [-0.15, -0.1) is 0 Å². The number of rotatable bonds is 12. The van der Waals surface area contributed by atoms with Crippen LogP contribution < -0.4 is 24.4 Å². The Morgan fingerprint density at radius 1 is 0.886 bits per heavy atom. The third kappa shape index (κ3) is 8.19. The smallest absolute Gasteiger partial charge is 0.343 e. The molecule has 8 heteroatoms. The highest BCUT2D eigenvalue weighted by Gasteiger charge is 2.09. The van der Waals surface area contributed by atoms with Gasteiger partial charge in [0.05, 0.1) is 25.5 Å². The fourth-order valence-corrected chi connectivity index (χ4v) is 2.90. The number of hydrazone groups is 1. The van der Waals surface area contributed by atoms with Gasteiger partial charge in [-0.2, -0.15) is 5.10 Å². The van der Waals surface area contributed by atoms with Crippen molar-refractivity contribution in [3.05, 3.63) is 83.9 Å². The van der Waals surface area contributed by atoms with E-state index in [-0.39, 0.29) is 6.61 Å². The van der Waals surface area contributed by atoms with Gasteiger partial charge in [0.15, 0.2) is 18.1 Å². The molecule has 0 unspecified atom stereocenters. The summed E-state index contributed by atoms with van der Waals surface area (Å²) in [6, 6.07) is 20.6. The van der Waals surface area contributed by atoms with Crippen molar-refractivity contribution in [2.24, 2.45) is 5.10 Å². The number of unbranched alkanes of at least 4 members (excludes halogenated alkanes) is 1. The number of para-hydroxylation sites is 2. The molecule has 0 spiro atoms. The van der Waals surface area contributed by atoms with Gasteiger partial charge in [0.2, 0.25) is 0 Å². The second-order valence-electron chi connectivity index (χ2n) is 7.42. The van der Waals surface area contributed by atoms with E-state index >= 15 is 0 Å². The normalized spacial score (nSPS) is 10.6. The minimum absolute atomic E-state index is 0.210. The van der Waals surface area contributed by atoms with Crippen LogP contribution in [-0.4, -0.2) is 38.4 Å². The molecule has 0 aliphatic carbocycles. The van der Waals surface area contributed by atoms with E-state index in [2.05, 4.69) is 17.5 Å². The average molecular weight is 477 g/mol. The van der Waals surface area contributed by atoms with Gasteiger partial charge in [0, 0.05) is 0 Å². The van der Waals surface area contributed by atoms with Crippen molar-refractivity contribution in [3.8, 4) is 23.0 Å². The van der Waals surface area contributed by atoms with Crippen LogP contribution in [0.15, 0.2) is 77.9 Å². The van der Waals surface area contributed by atoms with E-state index < -0.39 is 11.9 Å². The van der Waals surface area contributed by atoms with Gasteiger partial charge in [0.25, 0.3) is 5.91 Å². The van der Waals surface area contributed by atoms with E-state index in [1.807, 2.05) is 6.07 Å². The van der Waals surface area contributed by atoms with Crippen LogP contribution in [0.3, 0.4) is 0 Å². The van der Waals surface area contributed by atoms with Gasteiger partial charge in [-0.25, -0.2) is 10.2 Å². The molecule has 3 aromatic rings. The maximum atomic E-state index is 12.4. The summed E-state index contributed by atoms with van der Waals surface area (Å²) in [7, 11) is 1.53. The van der Waals surface area contributed by atoms with Crippen LogP contribution >= 0.6 is 0 Å². The van der Waals surface area contributed by atoms with Gasteiger partial charge < -0.3 is 18.9 Å². The topological polar surface area (TPSA) is 95.5 Å². The Morgan fingerprint density at radius 3 is 2.26 bits per heavy atom. The summed E-state index contributed by atoms with van der Waals surface area (Å²) in [5.41, 5.74) is 3.54. The zero-order valence-electron chi connectivity index (χ0n) is 19.7. The summed E-state index contributed by atoms with van der Waals surface area (Å²) in [5, 5.41) is 3.91. The van der Waals surface area contributed by atoms with Crippen molar-refractivity contribution in [1.82, 2.24) is 5.43 Å². The maximum Gasteiger partial charge on any atom is 0.343 e. The number of ether oxygens (including phenoxy) is 4. The van der Waals surface area contributed by atoms with Gasteiger partial charge in [0.1, 0.15) is 11.5 Å². The number of hydrogen-bond donors (Lipinski definition) is 1. The van der Waals surface area contributed by atoms with E-state index in [0.29, 0.717) is 35.0 Å². The molecule has 1 N–H and O–H groups in total. The van der Waals surface area contributed by atoms with Gasteiger partial charge in [-0.3, -0.25) is 4.79 Å². The summed E-state index contributed by atoms with van der Waals surface area (Å²) < 4.78 is 21.6. The van der Waals surface area contributed by atoms with Gasteiger partial charge in [-0.05, 0) is 72.6 Å². The molecule has 0 atom stereocenters. The average Bonchev–Trinajstić information content (AvgIpc) is 2.89. The number of benzene rings is 3. The second-order valence-corrected chi connectivity index (χ2v) is 7.42. The summed E-state index contributed by atoms with van der Waals surface area (Å²) in [5.74, 6) is 1.24. The standard InChI is InChI=1S/C27H28N2O6/c1-3-4-17-33-22-15-11-21(12-16-22)27(31)35-23-13-9-20(10-14-23)18-28-29-26(30)19-34-25-8-6-5-7-24(25)32-2/h5-16,18H,3-4,17,19H2,1-2H3,(H,29,30)/b28-18-. The lowest BCUT2D eigenvalue weighted by Gasteiger charge is -2.09. The lowest BCUT2D eigenvalue weighted by Crippen LogP contribution is -2.24. The Bertz CT molecular complexity index is 1130. The van der Waals surface area contributed by atoms with Crippen molar-refractivity contribution in [1.29, 1.82) is 0 Å². The minimum atomic E-state index is -0.464. The van der Waals surface area contributed by atoms with Crippen molar-refractivity contribution < 1.29 is 28.5 Å². The van der Waals surface area contributed by atoms with E-state index in [1.165, 1.54) is 13.3 Å². The predicted molar refractivity (Wildman–Crippen MR) is 132 cm³/mol. The molecule has 0 aliphatic rings. The number of carbonyl (C=O) groups is 2. The number of amides is 1. The summed E-state index contributed by atoms with van der Waals surface area (Å²) in [4.78, 5) is 24.3. The molecular weight excluding hydrogens is 448 g/mol. The maximum absolute atomic E-state index is 12.4. The molecule has 1 amide bonds. The Hall–Kier alpha value is -4.33. The first kappa shape index (κ1) is 25.3. The Labute approximate surface area is 204 Å². The van der Waals surface area contributed by atoms with E-state index in [1.54, 1.807) is 66.7 Å². The van der Waals surface area contributed by atoms with E-state index in [0.717, 1.165) is 18.6 Å². The summed E-state index contributed by atoms with van der Waals surface area (Å²) in [6.07, 6.45) is 3.52. The zero-order chi connectivity index (χ0) is 24.9. The fraction of sp³-hybridized carbons (Fsp3) is 0.222. The van der Waals surface area contributed by atoms with Crippen LogP contribution in [0.1, 0.15) is 35.7 Å². The highest BCUT2D eigenvalue weighted by atomic mass is 16.5. The zero-order valence-corrected chi connectivity index (χ0v) is 19.7. The van der Waals surface area contributed by atoms with Crippen LogP contribution in [0, 0.1) is 0 Å². The van der Waals surface area contributed by atoms with Gasteiger partial charge in [-0.1, -0.05) is 25.5 Å². The van der Waals surface area contributed by atoms with Crippen LogP contribution in [0.2, 0.25) is 0 Å². The van der Waals surface area contributed by atoms with Crippen molar-refractivity contribution >= 4 is 18.1 Å². The molecular formula is C27H28N2O6. The summed E-state index contributed by atoms with van der Waals surface area (Å²) >= 11 is 0. The van der Waals surface area contributed by atoms with E-state index in [9.17, 15) is 9.59 Å². The Balaban J connectivity index is 1.44. The first-order valence-electron chi connectivity index (χ1n) is 11.2. The molecule has 0 saturated heterocycles. The molecule has 0 heterocycles. The first-order valence-corrected chi connectivity index (χ1v) is 11.2. The molecule has 8 nitrogen and oxygen atoms in total. The molecule has 3 aromatic carbocycles. The molecule has 0 fully saturated rings. The number of esters is 1. The third-order valence-corrected chi connectivity index (χ3v) is 4.78. The Morgan fingerprint density at radius 2 is 1.57 bits per heavy atom. The highest BCUT2D eigenvalue weighted by molar-refractivity contribution is 5.91. The molecule has 182 valence electrons. The third-order valence-electron chi connectivity index (χ3n) is 4.78. The molecule has 0 aliphatic heterocycles. The number of methoxy groups -OCH3 is 1.